The highest BCUT2D eigenvalue weighted by Gasteiger charge is 2.31. The summed E-state index contributed by atoms with van der Waals surface area (Å²) in [5, 5.41) is 10.2. The monoisotopic (exact) mass is 198 g/mol. The summed E-state index contributed by atoms with van der Waals surface area (Å²) >= 11 is 0. The van der Waals surface area contributed by atoms with Crippen LogP contribution in [0.2, 0.25) is 0 Å². The second-order valence-electron chi connectivity index (χ2n) is 5.13. The van der Waals surface area contributed by atoms with Gasteiger partial charge in [0.05, 0.1) is 12.2 Å². The van der Waals surface area contributed by atoms with Crippen LogP contribution in [0, 0.1) is 5.41 Å². The predicted octanol–water partition coefficient (Wildman–Crippen LogP) is 2.52. The van der Waals surface area contributed by atoms with Crippen LogP contribution in [0.25, 0.3) is 0 Å². The minimum Gasteiger partial charge on any atom is -0.388 e. The molecule has 0 bridgehead atoms. The molecule has 0 aromatic carbocycles. The molecule has 0 heterocycles. The Morgan fingerprint density at radius 1 is 1.50 bits per heavy atom. The number of rotatable bonds is 2. The van der Waals surface area contributed by atoms with Crippen LogP contribution in [0.3, 0.4) is 0 Å². The summed E-state index contributed by atoms with van der Waals surface area (Å²) in [4.78, 5) is 0. The fourth-order valence-corrected chi connectivity index (χ4v) is 1.91. The van der Waals surface area contributed by atoms with Crippen LogP contribution in [0.15, 0.2) is 11.6 Å². The van der Waals surface area contributed by atoms with E-state index in [2.05, 4.69) is 26.8 Å². The highest BCUT2D eigenvalue weighted by molar-refractivity contribution is 5.18. The van der Waals surface area contributed by atoms with Gasteiger partial charge in [-0.05, 0) is 30.3 Å². The van der Waals surface area contributed by atoms with Crippen LogP contribution in [0.5, 0.6) is 0 Å². The van der Waals surface area contributed by atoms with Gasteiger partial charge >= 0.3 is 0 Å². The summed E-state index contributed by atoms with van der Waals surface area (Å²) in [6.45, 7) is 6.17. The molecule has 1 aliphatic rings. The van der Waals surface area contributed by atoms with Crippen molar-refractivity contribution in [3.63, 3.8) is 0 Å². The SMILES string of the molecule is CO[C@@H]1CCCC=C1[C@H](O)C(C)(C)C. The first-order valence-electron chi connectivity index (χ1n) is 5.37. The molecule has 0 saturated carbocycles. The van der Waals surface area contributed by atoms with E-state index in [1.807, 2.05) is 0 Å². The van der Waals surface area contributed by atoms with E-state index in [1.54, 1.807) is 7.11 Å². The zero-order valence-corrected chi connectivity index (χ0v) is 9.71. The molecular formula is C12H22O2. The molecule has 0 aromatic heterocycles. The second kappa shape index (κ2) is 4.45. The fraction of sp³-hybridized carbons (Fsp3) is 0.833. The Morgan fingerprint density at radius 2 is 2.14 bits per heavy atom. The van der Waals surface area contributed by atoms with Gasteiger partial charge in [-0.25, -0.2) is 0 Å². The molecule has 0 aliphatic heterocycles. The van der Waals surface area contributed by atoms with Crippen LogP contribution in [0.1, 0.15) is 40.0 Å². The number of methoxy groups -OCH3 is 1. The zero-order chi connectivity index (χ0) is 10.8. The van der Waals surface area contributed by atoms with E-state index < -0.39 is 0 Å². The third-order valence-electron chi connectivity index (χ3n) is 2.84. The van der Waals surface area contributed by atoms with Gasteiger partial charge in [0, 0.05) is 7.11 Å². The van der Waals surface area contributed by atoms with Crippen LogP contribution < -0.4 is 0 Å². The summed E-state index contributed by atoms with van der Waals surface area (Å²) in [6, 6.07) is 0. The molecule has 0 fully saturated rings. The molecule has 0 saturated heterocycles. The molecule has 0 spiro atoms. The minimum atomic E-state index is -0.382. The van der Waals surface area contributed by atoms with Crippen LogP contribution in [-0.2, 0) is 4.74 Å². The third-order valence-corrected chi connectivity index (χ3v) is 2.84. The summed E-state index contributed by atoms with van der Waals surface area (Å²) < 4.78 is 5.39. The fourth-order valence-electron chi connectivity index (χ4n) is 1.91. The topological polar surface area (TPSA) is 29.5 Å². The lowest BCUT2D eigenvalue weighted by Gasteiger charge is -2.34. The number of hydrogen-bond donors (Lipinski definition) is 1. The van der Waals surface area contributed by atoms with Gasteiger partial charge < -0.3 is 9.84 Å². The Morgan fingerprint density at radius 3 is 2.64 bits per heavy atom. The standard InChI is InChI=1S/C12H22O2/c1-12(2,3)11(13)9-7-5-6-8-10(9)14-4/h7,10-11,13H,5-6,8H2,1-4H3/t10-,11+/m1/s1. The molecule has 82 valence electrons. The Labute approximate surface area is 87.0 Å². The zero-order valence-electron chi connectivity index (χ0n) is 9.71. The van der Waals surface area contributed by atoms with Crippen molar-refractivity contribution < 1.29 is 9.84 Å². The largest absolute Gasteiger partial charge is 0.388 e. The number of allylic oxidation sites excluding steroid dienone is 1. The summed E-state index contributed by atoms with van der Waals surface area (Å²) in [6.07, 6.45) is 5.16. The number of aliphatic hydroxyl groups is 1. The van der Waals surface area contributed by atoms with Gasteiger partial charge in [0.2, 0.25) is 0 Å². The van der Waals surface area contributed by atoms with Gasteiger partial charge in [0.1, 0.15) is 0 Å². The molecule has 1 N–H and O–H groups in total. The Hall–Kier alpha value is -0.340. The molecule has 1 aliphatic carbocycles. The third kappa shape index (κ3) is 2.58. The van der Waals surface area contributed by atoms with Gasteiger partial charge in [0.25, 0.3) is 0 Å². The lowest BCUT2D eigenvalue weighted by Crippen LogP contribution is -2.35. The quantitative estimate of drug-likeness (QED) is 0.691. The van der Waals surface area contributed by atoms with Gasteiger partial charge in [-0.3, -0.25) is 0 Å². The van der Waals surface area contributed by atoms with Crippen molar-refractivity contribution in [2.45, 2.75) is 52.2 Å². The van der Waals surface area contributed by atoms with Crippen molar-refractivity contribution >= 4 is 0 Å². The average molecular weight is 198 g/mol. The maximum absolute atomic E-state index is 10.2. The Balaban J connectivity index is 2.78. The van der Waals surface area contributed by atoms with Gasteiger partial charge in [-0.15, -0.1) is 0 Å². The first-order valence-corrected chi connectivity index (χ1v) is 5.37. The van der Waals surface area contributed by atoms with Crippen molar-refractivity contribution in [3.8, 4) is 0 Å². The van der Waals surface area contributed by atoms with E-state index >= 15 is 0 Å². The number of aliphatic hydroxyl groups excluding tert-OH is 1. The van der Waals surface area contributed by atoms with E-state index in [4.69, 9.17) is 4.74 Å². The molecule has 0 amide bonds. The second-order valence-corrected chi connectivity index (χ2v) is 5.13. The molecule has 1 rings (SSSR count). The lowest BCUT2D eigenvalue weighted by atomic mass is 9.79. The molecule has 0 radical (unpaired) electrons. The predicted molar refractivity (Wildman–Crippen MR) is 58.2 cm³/mol. The van der Waals surface area contributed by atoms with E-state index in [1.165, 1.54) is 6.42 Å². The highest BCUT2D eigenvalue weighted by Crippen LogP contribution is 2.32. The van der Waals surface area contributed by atoms with E-state index in [9.17, 15) is 5.11 Å². The molecule has 2 heteroatoms. The van der Waals surface area contributed by atoms with Gasteiger partial charge in [-0.2, -0.15) is 0 Å². The molecule has 0 aromatic rings. The van der Waals surface area contributed by atoms with Crippen molar-refractivity contribution in [1.29, 1.82) is 0 Å². The van der Waals surface area contributed by atoms with Crippen LogP contribution >= 0.6 is 0 Å². The molecule has 0 unspecified atom stereocenters. The number of hydrogen-bond acceptors (Lipinski definition) is 2. The van der Waals surface area contributed by atoms with Crippen molar-refractivity contribution in [2.24, 2.45) is 5.41 Å². The minimum absolute atomic E-state index is 0.0973. The summed E-state index contributed by atoms with van der Waals surface area (Å²) in [5.41, 5.74) is 0.978. The van der Waals surface area contributed by atoms with E-state index in [-0.39, 0.29) is 17.6 Å². The van der Waals surface area contributed by atoms with Crippen molar-refractivity contribution in [3.05, 3.63) is 11.6 Å². The maximum atomic E-state index is 10.2. The highest BCUT2D eigenvalue weighted by atomic mass is 16.5. The normalized spacial score (nSPS) is 25.8. The molecule has 14 heavy (non-hydrogen) atoms. The molecular weight excluding hydrogens is 176 g/mol. The smallest absolute Gasteiger partial charge is 0.0823 e. The van der Waals surface area contributed by atoms with E-state index in [0.29, 0.717) is 0 Å². The summed E-state index contributed by atoms with van der Waals surface area (Å²) in [5.74, 6) is 0. The number of ether oxygens (including phenoxy) is 1. The van der Waals surface area contributed by atoms with Gasteiger partial charge in [0.15, 0.2) is 0 Å². The van der Waals surface area contributed by atoms with Crippen molar-refractivity contribution in [2.75, 3.05) is 7.11 Å². The average Bonchev–Trinajstić information content (AvgIpc) is 2.15. The Kier molecular flexibility index (Phi) is 3.73. The van der Waals surface area contributed by atoms with Crippen LogP contribution in [-0.4, -0.2) is 24.4 Å². The Bertz CT molecular complexity index is 213. The first-order chi connectivity index (χ1) is 6.46. The first kappa shape index (κ1) is 11.7. The maximum Gasteiger partial charge on any atom is 0.0823 e. The van der Waals surface area contributed by atoms with Crippen molar-refractivity contribution in [1.82, 2.24) is 0 Å². The van der Waals surface area contributed by atoms with E-state index in [0.717, 1.165) is 18.4 Å². The molecule has 2 nitrogen and oxygen atoms in total. The summed E-state index contributed by atoms with van der Waals surface area (Å²) in [7, 11) is 1.72. The van der Waals surface area contributed by atoms with Gasteiger partial charge in [-0.1, -0.05) is 26.8 Å². The lowest BCUT2D eigenvalue weighted by molar-refractivity contribution is 0.0429. The van der Waals surface area contributed by atoms with Crippen LogP contribution in [0.4, 0.5) is 0 Å². The molecule has 2 atom stereocenters.